The van der Waals surface area contributed by atoms with Crippen molar-refractivity contribution in [1.29, 1.82) is 0 Å². The van der Waals surface area contributed by atoms with E-state index in [-0.39, 0.29) is 5.91 Å². The first-order chi connectivity index (χ1) is 13.0. The molecule has 1 amide bonds. The van der Waals surface area contributed by atoms with Crippen molar-refractivity contribution in [3.8, 4) is 0 Å². The molecule has 4 rings (SSSR count). The molecule has 0 radical (unpaired) electrons. The molecular formula is C22H21NO3S. The Morgan fingerprint density at radius 2 is 1.85 bits per heavy atom. The van der Waals surface area contributed by atoms with Crippen LogP contribution in [0.15, 0.2) is 30.3 Å². The standard InChI is InChI=1S/C22H21NO3S/c1-4-26-22(25)18-12(2)13(3)27-21(18)23-20(24)17-11-10-15-9-8-14-6-5-7-16(17)19(14)15/h5-7,10-11H,4,8-9H2,1-3H3,(H,23,24). The van der Waals surface area contributed by atoms with E-state index < -0.39 is 5.97 Å². The lowest BCUT2D eigenvalue weighted by atomic mass is 9.99. The predicted octanol–water partition coefficient (Wildman–Crippen LogP) is 5.05. The number of ether oxygens (including phenoxy) is 1. The quantitative estimate of drug-likeness (QED) is 0.646. The lowest BCUT2D eigenvalue weighted by Gasteiger charge is -2.10. The molecule has 5 heteroatoms. The summed E-state index contributed by atoms with van der Waals surface area (Å²) in [5.74, 6) is -0.590. The van der Waals surface area contributed by atoms with Crippen LogP contribution in [0.4, 0.5) is 5.00 Å². The van der Waals surface area contributed by atoms with Gasteiger partial charge in [0.15, 0.2) is 0 Å². The van der Waals surface area contributed by atoms with Gasteiger partial charge in [-0.3, -0.25) is 4.79 Å². The van der Waals surface area contributed by atoms with E-state index in [2.05, 4.69) is 11.4 Å². The zero-order valence-corrected chi connectivity index (χ0v) is 16.5. The zero-order chi connectivity index (χ0) is 19.1. The number of thiophene rings is 1. The summed E-state index contributed by atoms with van der Waals surface area (Å²) in [4.78, 5) is 26.4. The van der Waals surface area contributed by atoms with Gasteiger partial charge in [-0.05, 0) is 67.1 Å². The predicted molar refractivity (Wildman–Crippen MR) is 109 cm³/mol. The van der Waals surface area contributed by atoms with E-state index in [0.29, 0.717) is 22.7 Å². The van der Waals surface area contributed by atoms with E-state index in [1.165, 1.54) is 27.8 Å². The Balaban J connectivity index is 1.74. The van der Waals surface area contributed by atoms with Crippen LogP contribution in [-0.2, 0) is 17.6 Å². The number of aryl methyl sites for hydroxylation is 3. The summed E-state index contributed by atoms with van der Waals surface area (Å²) in [7, 11) is 0. The highest BCUT2D eigenvalue weighted by Crippen LogP contribution is 2.35. The van der Waals surface area contributed by atoms with Gasteiger partial charge in [-0.25, -0.2) is 4.79 Å². The molecule has 3 aromatic rings. The molecule has 0 bridgehead atoms. The molecular weight excluding hydrogens is 358 g/mol. The first-order valence-corrected chi connectivity index (χ1v) is 9.94. The number of carbonyl (C=O) groups is 2. The first kappa shape index (κ1) is 17.7. The van der Waals surface area contributed by atoms with Crippen LogP contribution in [0, 0.1) is 13.8 Å². The van der Waals surface area contributed by atoms with Gasteiger partial charge in [0.2, 0.25) is 0 Å². The maximum absolute atomic E-state index is 13.1. The van der Waals surface area contributed by atoms with Crippen molar-refractivity contribution in [2.75, 3.05) is 11.9 Å². The number of rotatable bonds is 4. The van der Waals surface area contributed by atoms with Crippen LogP contribution < -0.4 is 5.32 Å². The molecule has 138 valence electrons. The third kappa shape index (κ3) is 2.92. The van der Waals surface area contributed by atoms with Gasteiger partial charge in [-0.15, -0.1) is 11.3 Å². The highest BCUT2D eigenvalue weighted by atomic mass is 32.1. The fourth-order valence-electron chi connectivity index (χ4n) is 3.78. The summed E-state index contributed by atoms with van der Waals surface area (Å²) in [6, 6.07) is 10.1. The maximum Gasteiger partial charge on any atom is 0.341 e. The molecule has 0 spiro atoms. The molecule has 0 saturated heterocycles. The van der Waals surface area contributed by atoms with Gasteiger partial charge in [-0.2, -0.15) is 0 Å². The number of amides is 1. The number of hydrogen-bond acceptors (Lipinski definition) is 4. The van der Waals surface area contributed by atoms with Crippen molar-refractivity contribution in [3.63, 3.8) is 0 Å². The van der Waals surface area contributed by atoms with Gasteiger partial charge in [0, 0.05) is 10.4 Å². The van der Waals surface area contributed by atoms with E-state index in [9.17, 15) is 9.59 Å². The summed E-state index contributed by atoms with van der Waals surface area (Å²) in [5.41, 5.74) is 4.54. The second kappa shape index (κ2) is 6.82. The Morgan fingerprint density at radius 3 is 2.59 bits per heavy atom. The van der Waals surface area contributed by atoms with Crippen LogP contribution in [0.3, 0.4) is 0 Å². The van der Waals surface area contributed by atoms with Crippen molar-refractivity contribution in [3.05, 3.63) is 63.0 Å². The molecule has 4 nitrogen and oxygen atoms in total. The Bertz CT molecular complexity index is 1070. The molecule has 27 heavy (non-hydrogen) atoms. The molecule has 0 unspecified atom stereocenters. The summed E-state index contributed by atoms with van der Waals surface area (Å²) >= 11 is 1.41. The average molecular weight is 379 g/mol. The number of benzene rings is 2. The molecule has 0 fully saturated rings. The van der Waals surface area contributed by atoms with E-state index in [4.69, 9.17) is 4.74 Å². The van der Waals surface area contributed by atoms with Gasteiger partial charge in [0.25, 0.3) is 5.91 Å². The lowest BCUT2D eigenvalue weighted by molar-refractivity contribution is 0.0527. The van der Waals surface area contributed by atoms with Crippen LogP contribution in [0.5, 0.6) is 0 Å². The average Bonchev–Trinajstić information content (AvgIpc) is 3.18. The first-order valence-electron chi connectivity index (χ1n) is 9.13. The second-order valence-electron chi connectivity index (χ2n) is 6.77. The molecule has 1 aliphatic carbocycles. The van der Waals surface area contributed by atoms with Crippen LogP contribution in [0.1, 0.15) is 49.2 Å². The normalized spacial score (nSPS) is 12.4. The van der Waals surface area contributed by atoms with Crippen LogP contribution >= 0.6 is 11.3 Å². The Hall–Kier alpha value is -2.66. The highest BCUT2D eigenvalue weighted by Gasteiger charge is 2.24. The van der Waals surface area contributed by atoms with Gasteiger partial charge < -0.3 is 10.1 Å². The minimum Gasteiger partial charge on any atom is -0.462 e. The monoisotopic (exact) mass is 379 g/mol. The van der Waals surface area contributed by atoms with E-state index in [1.54, 1.807) is 6.92 Å². The summed E-state index contributed by atoms with van der Waals surface area (Å²) in [5, 5.41) is 5.69. The molecule has 2 aromatic carbocycles. The largest absolute Gasteiger partial charge is 0.462 e. The Kier molecular flexibility index (Phi) is 4.48. The van der Waals surface area contributed by atoms with Crippen molar-refractivity contribution in [2.24, 2.45) is 0 Å². The summed E-state index contributed by atoms with van der Waals surface area (Å²) in [6.45, 7) is 5.90. The molecule has 0 saturated carbocycles. The maximum atomic E-state index is 13.1. The third-order valence-corrected chi connectivity index (χ3v) is 6.34. The third-order valence-electron chi connectivity index (χ3n) is 5.21. The number of hydrogen-bond donors (Lipinski definition) is 1. The van der Waals surface area contributed by atoms with Crippen molar-refractivity contribution >= 4 is 39.0 Å². The van der Waals surface area contributed by atoms with Crippen LogP contribution in [0.2, 0.25) is 0 Å². The topological polar surface area (TPSA) is 55.4 Å². The van der Waals surface area contributed by atoms with Gasteiger partial charge in [-0.1, -0.05) is 24.3 Å². The van der Waals surface area contributed by atoms with Crippen LogP contribution in [0.25, 0.3) is 10.8 Å². The number of anilines is 1. The number of nitrogens with one attached hydrogen (secondary N) is 1. The van der Waals surface area contributed by atoms with E-state index in [1.807, 2.05) is 38.1 Å². The van der Waals surface area contributed by atoms with E-state index in [0.717, 1.165) is 28.7 Å². The molecule has 1 N–H and O–H groups in total. The van der Waals surface area contributed by atoms with Gasteiger partial charge in [0.1, 0.15) is 5.00 Å². The smallest absolute Gasteiger partial charge is 0.341 e. The minimum atomic E-state index is -0.393. The molecule has 1 aromatic heterocycles. The lowest BCUT2D eigenvalue weighted by Crippen LogP contribution is -2.15. The Morgan fingerprint density at radius 1 is 1.11 bits per heavy atom. The zero-order valence-electron chi connectivity index (χ0n) is 15.6. The van der Waals surface area contributed by atoms with Gasteiger partial charge in [0.05, 0.1) is 12.2 Å². The molecule has 1 heterocycles. The SMILES string of the molecule is CCOC(=O)c1c(NC(=O)c2ccc3c4c(cccc24)CC3)sc(C)c1C. The second-order valence-corrected chi connectivity index (χ2v) is 8.00. The van der Waals surface area contributed by atoms with Crippen molar-refractivity contribution < 1.29 is 14.3 Å². The Labute approximate surface area is 162 Å². The van der Waals surface area contributed by atoms with Crippen LogP contribution in [-0.4, -0.2) is 18.5 Å². The molecule has 0 aliphatic heterocycles. The number of carbonyl (C=O) groups excluding carboxylic acids is 2. The van der Waals surface area contributed by atoms with Gasteiger partial charge >= 0.3 is 5.97 Å². The highest BCUT2D eigenvalue weighted by molar-refractivity contribution is 7.16. The van der Waals surface area contributed by atoms with Crippen molar-refractivity contribution in [2.45, 2.75) is 33.6 Å². The fourth-order valence-corrected chi connectivity index (χ4v) is 4.82. The number of esters is 1. The van der Waals surface area contributed by atoms with E-state index >= 15 is 0 Å². The summed E-state index contributed by atoms with van der Waals surface area (Å²) < 4.78 is 5.18. The molecule has 0 atom stereocenters. The summed E-state index contributed by atoms with van der Waals surface area (Å²) in [6.07, 6.45) is 2.04. The molecule has 1 aliphatic rings. The minimum absolute atomic E-state index is 0.197. The fraction of sp³-hybridized carbons (Fsp3) is 0.273. The van der Waals surface area contributed by atoms with Crippen molar-refractivity contribution in [1.82, 2.24) is 0 Å².